The van der Waals surface area contributed by atoms with Crippen LogP contribution in [0.2, 0.25) is 0 Å². The highest BCUT2D eigenvalue weighted by Gasteiger charge is 2.27. The molecule has 7 nitrogen and oxygen atoms in total. The molecule has 1 aliphatic rings. The summed E-state index contributed by atoms with van der Waals surface area (Å²) in [6, 6.07) is 9.60. The van der Waals surface area contributed by atoms with Gasteiger partial charge in [0.1, 0.15) is 11.5 Å². The van der Waals surface area contributed by atoms with E-state index in [1.54, 1.807) is 23.5 Å². The first-order valence-corrected chi connectivity index (χ1v) is 10.5. The van der Waals surface area contributed by atoms with Gasteiger partial charge in [0.15, 0.2) is 11.4 Å². The van der Waals surface area contributed by atoms with E-state index in [4.69, 9.17) is 14.5 Å². The highest BCUT2D eigenvalue weighted by atomic mass is 32.1. The van der Waals surface area contributed by atoms with Crippen LogP contribution in [0.3, 0.4) is 0 Å². The molecule has 0 spiro atoms. The Kier molecular flexibility index (Phi) is 4.35. The molecule has 29 heavy (non-hydrogen) atoms. The molecule has 0 saturated carbocycles. The Bertz CT molecular complexity index is 1160. The van der Waals surface area contributed by atoms with Gasteiger partial charge in [0, 0.05) is 43.5 Å². The zero-order valence-electron chi connectivity index (χ0n) is 16.3. The third-order valence-electron chi connectivity index (χ3n) is 5.42. The number of amides is 1. The van der Waals surface area contributed by atoms with Gasteiger partial charge in [-0.1, -0.05) is 6.07 Å². The number of carbonyl (C=O) groups is 1. The first-order chi connectivity index (χ1) is 14.1. The summed E-state index contributed by atoms with van der Waals surface area (Å²) in [4.78, 5) is 22.6. The molecule has 0 aromatic carbocycles. The molecular formula is C21H21N5O2S. The SMILES string of the molecule is Cc1nc2cc(-c3cccs3)nn2c(N2CCN(C(=O)c3ccco3)CC2)c1C. The summed E-state index contributed by atoms with van der Waals surface area (Å²) >= 11 is 1.67. The molecule has 0 atom stereocenters. The lowest BCUT2D eigenvalue weighted by Gasteiger charge is -2.36. The van der Waals surface area contributed by atoms with Crippen LogP contribution in [-0.2, 0) is 0 Å². The lowest BCUT2D eigenvalue weighted by molar-refractivity contribution is 0.0714. The minimum atomic E-state index is -0.0542. The molecule has 1 fully saturated rings. The van der Waals surface area contributed by atoms with Crippen LogP contribution in [0.15, 0.2) is 46.4 Å². The maximum Gasteiger partial charge on any atom is 0.289 e. The largest absolute Gasteiger partial charge is 0.459 e. The number of aromatic nitrogens is 3. The van der Waals surface area contributed by atoms with Crippen LogP contribution in [0.25, 0.3) is 16.2 Å². The Labute approximate surface area is 172 Å². The summed E-state index contributed by atoms with van der Waals surface area (Å²) < 4.78 is 7.21. The average Bonchev–Trinajstić information content (AvgIpc) is 3.49. The molecule has 5 rings (SSSR count). The van der Waals surface area contributed by atoms with Crippen molar-refractivity contribution in [3.8, 4) is 10.6 Å². The van der Waals surface area contributed by atoms with Gasteiger partial charge < -0.3 is 14.2 Å². The quantitative estimate of drug-likeness (QED) is 0.519. The Morgan fingerprint density at radius 2 is 1.97 bits per heavy atom. The van der Waals surface area contributed by atoms with Gasteiger partial charge >= 0.3 is 0 Å². The average molecular weight is 407 g/mol. The fraction of sp³-hybridized carbons (Fsp3) is 0.286. The van der Waals surface area contributed by atoms with E-state index in [2.05, 4.69) is 23.3 Å². The van der Waals surface area contributed by atoms with E-state index in [0.717, 1.165) is 46.4 Å². The van der Waals surface area contributed by atoms with Gasteiger partial charge in [-0.2, -0.15) is 9.61 Å². The number of furan rings is 1. The highest BCUT2D eigenvalue weighted by molar-refractivity contribution is 7.13. The van der Waals surface area contributed by atoms with Crippen molar-refractivity contribution in [2.75, 3.05) is 31.1 Å². The molecule has 0 unspecified atom stereocenters. The van der Waals surface area contributed by atoms with Crippen LogP contribution in [0, 0.1) is 13.8 Å². The van der Waals surface area contributed by atoms with E-state index in [0.29, 0.717) is 18.8 Å². The number of nitrogens with zero attached hydrogens (tertiary/aromatic N) is 5. The minimum absolute atomic E-state index is 0.0542. The summed E-state index contributed by atoms with van der Waals surface area (Å²) in [5.41, 5.74) is 3.90. The number of thiophene rings is 1. The smallest absolute Gasteiger partial charge is 0.289 e. The van der Waals surface area contributed by atoms with Crippen molar-refractivity contribution >= 4 is 28.7 Å². The molecule has 1 aliphatic heterocycles. The first kappa shape index (κ1) is 17.9. The van der Waals surface area contributed by atoms with E-state index in [1.807, 2.05) is 28.5 Å². The predicted molar refractivity (Wildman–Crippen MR) is 113 cm³/mol. The minimum Gasteiger partial charge on any atom is -0.459 e. The Balaban J connectivity index is 1.46. The highest BCUT2D eigenvalue weighted by Crippen LogP contribution is 2.29. The van der Waals surface area contributed by atoms with E-state index >= 15 is 0 Å². The fourth-order valence-corrected chi connectivity index (χ4v) is 4.46. The van der Waals surface area contributed by atoms with Gasteiger partial charge in [-0.25, -0.2) is 4.98 Å². The van der Waals surface area contributed by atoms with E-state index in [-0.39, 0.29) is 5.91 Å². The van der Waals surface area contributed by atoms with Gasteiger partial charge in [-0.3, -0.25) is 4.79 Å². The number of rotatable bonds is 3. The Hall–Kier alpha value is -3.13. The third kappa shape index (κ3) is 3.09. The summed E-state index contributed by atoms with van der Waals surface area (Å²) in [6.07, 6.45) is 1.53. The van der Waals surface area contributed by atoms with Gasteiger partial charge in [0.05, 0.1) is 11.1 Å². The van der Waals surface area contributed by atoms with Crippen LogP contribution < -0.4 is 4.90 Å². The molecular weight excluding hydrogens is 386 g/mol. The molecule has 4 aromatic heterocycles. The Morgan fingerprint density at radius 1 is 1.14 bits per heavy atom. The maximum absolute atomic E-state index is 12.6. The number of hydrogen-bond donors (Lipinski definition) is 0. The molecule has 1 saturated heterocycles. The van der Waals surface area contributed by atoms with Crippen LogP contribution in [0.1, 0.15) is 21.8 Å². The summed E-state index contributed by atoms with van der Waals surface area (Å²) in [5, 5.41) is 6.91. The molecule has 4 aromatic rings. The van der Waals surface area contributed by atoms with Crippen molar-refractivity contribution in [2.45, 2.75) is 13.8 Å². The number of aryl methyl sites for hydroxylation is 1. The van der Waals surface area contributed by atoms with Crippen molar-refractivity contribution in [3.05, 3.63) is 59.0 Å². The number of piperazine rings is 1. The normalized spacial score (nSPS) is 14.7. The molecule has 148 valence electrons. The molecule has 5 heterocycles. The maximum atomic E-state index is 12.6. The van der Waals surface area contributed by atoms with E-state index in [9.17, 15) is 4.79 Å². The Morgan fingerprint density at radius 3 is 2.66 bits per heavy atom. The topological polar surface area (TPSA) is 66.9 Å². The van der Waals surface area contributed by atoms with Crippen molar-refractivity contribution in [1.29, 1.82) is 0 Å². The number of fused-ring (bicyclic) bond motifs is 1. The van der Waals surface area contributed by atoms with Crippen LogP contribution in [0.5, 0.6) is 0 Å². The lowest BCUT2D eigenvalue weighted by Crippen LogP contribution is -2.49. The molecule has 0 aliphatic carbocycles. The second kappa shape index (κ2) is 7.04. The zero-order chi connectivity index (χ0) is 20.0. The number of anilines is 1. The zero-order valence-corrected chi connectivity index (χ0v) is 17.1. The summed E-state index contributed by atoms with van der Waals surface area (Å²) in [6.45, 7) is 6.87. The molecule has 0 bridgehead atoms. The van der Waals surface area contributed by atoms with Crippen molar-refractivity contribution in [3.63, 3.8) is 0 Å². The van der Waals surface area contributed by atoms with Crippen LogP contribution in [-0.4, -0.2) is 51.6 Å². The summed E-state index contributed by atoms with van der Waals surface area (Å²) in [7, 11) is 0. The van der Waals surface area contributed by atoms with Crippen molar-refractivity contribution in [1.82, 2.24) is 19.5 Å². The molecule has 0 N–H and O–H groups in total. The van der Waals surface area contributed by atoms with Gasteiger partial charge in [-0.05, 0) is 37.4 Å². The standard InChI is InChI=1S/C21H21N5O2S/c1-14-15(2)22-19-13-16(18-6-4-12-29-18)23-26(19)20(14)24-7-9-25(10-8-24)21(27)17-5-3-11-28-17/h3-6,11-13H,7-10H2,1-2H3. The second-order valence-electron chi connectivity index (χ2n) is 7.18. The number of carbonyl (C=O) groups excluding carboxylic acids is 1. The summed E-state index contributed by atoms with van der Waals surface area (Å²) in [5.74, 6) is 1.39. The second-order valence-corrected chi connectivity index (χ2v) is 8.13. The van der Waals surface area contributed by atoms with Gasteiger partial charge in [0.2, 0.25) is 0 Å². The van der Waals surface area contributed by atoms with E-state index in [1.165, 1.54) is 6.26 Å². The first-order valence-electron chi connectivity index (χ1n) is 9.60. The molecule has 1 amide bonds. The third-order valence-corrected chi connectivity index (χ3v) is 6.32. The fourth-order valence-electron chi connectivity index (χ4n) is 3.78. The van der Waals surface area contributed by atoms with Crippen LogP contribution >= 0.6 is 11.3 Å². The van der Waals surface area contributed by atoms with E-state index < -0.39 is 0 Å². The van der Waals surface area contributed by atoms with Gasteiger partial charge in [0.25, 0.3) is 5.91 Å². The predicted octanol–water partition coefficient (Wildman–Crippen LogP) is 3.63. The van der Waals surface area contributed by atoms with Gasteiger partial charge in [-0.15, -0.1) is 11.3 Å². The molecule has 8 heteroatoms. The number of hydrogen-bond acceptors (Lipinski definition) is 6. The van der Waals surface area contributed by atoms with Crippen LogP contribution in [0.4, 0.5) is 5.82 Å². The molecule has 0 radical (unpaired) electrons. The lowest BCUT2D eigenvalue weighted by atomic mass is 10.2. The van der Waals surface area contributed by atoms with Crippen molar-refractivity contribution in [2.24, 2.45) is 0 Å². The monoisotopic (exact) mass is 407 g/mol. The van der Waals surface area contributed by atoms with Crippen molar-refractivity contribution < 1.29 is 9.21 Å².